The largest absolute Gasteiger partial charge is 0.338 e. The molecule has 1 saturated heterocycles. The summed E-state index contributed by atoms with van der Waals surface area (Å²) in [5.74, 6) is 0.425. The van der Waals surface area contributed by atoms with Crippen LogP contribution in [0.3, 0.4) is 0 Å². The molecule has 0 aromatic heterocycles. The molecule has 0 N–H and O–H groups in total. The average molecular weight is 249 g/mol. The second kappa shape index (κ2) is 5.51. The van der Waals surface area contributed by atoms with Crippen molar-refractivity contribution in [3.63, 3.8) is 0 Å². The van der Waals surface area contributed by atoms with Crippen LogP contribution in [0.15, 0.2) is 18.2 Å². The van der Waals surface area contributed by atoms with Gasteiger partial charge in [0.15, 0.2) is 0 Å². The molecule has 1 aromatic rings. The predicted octanol–water partition coefficient (Wildman–Crippen LogP) is 3.40. The Bertz CT molecular complexity index is 444. The maximum absolute atomic E-state index is 13.2. The third-order valence-corrected chi connectivity index (χ3v) is 3.67. The number of hydrogen-bond acceptors (Lipinski definition) is 1. The number of carbonyl (C=O) groups is 1. The molecule has 0 bridgehead atoms. The van der Waals surface area contributed by atoms with E-state index in [4.69, 9.17) is 0 Å². The quantitative estimate of drug-likeness (QED) is 0.804. The number of hydrogen-bond donors (Lipinski definition) is 0. The molecule has 0 radical (unpaired) electrons. The number of likely N-dealkylation sites (tertiary alicyclic amines) is 1. The molecule has 3 heteroatoms. The van der Waals surface area contributed by atoms with Crippen LogP contribution in [0.5, 0.6) is 0 Å². The van der Waals surface area contributed by atoms with Gasteiger partial charge in [-0.1, -0.05) is 13.3 Å². The van der Waals surface area contributed by atoms with E-state index in [0.29, 0.717) is 17.0 Å². The third kappa shape index (κ3) is 2.71. The normalized spacial score (nSPS) is 19.3. The van der Waals surface area contributed by atoms with Crippen molar-refractivity contribution >= 4 is 5.91 Å². The first-order valence-corrected chi connectivity index (χ1v) is 6.67. The van der Waals surface area contributed by atoms with Crippen molar-refractivity contribution in [2.75, 3.05) is 13.1 Å². The van der Waals surface area contributed by atoms with Gasteiger partial charge in [0.25, 0.3) is 5.91 Å². The van der Waals surface area contributed by atoms with Gasteiger partial charge in [-0.05, 0) is 49.4 Å². The molecule has 1 amide bonds. The Morgan fingerprint density at radius 1 is 1.50 bits per heavy atom. The summed E-state index contributed by atoms with van der Waals surface area (Å²) in [5.41, 5.74) is 1.14. The first kappa shape index (κ1) is 13.1. The lowest BCUT2D eigenvalue weighted by atomic mass is 10.0. The van der Waals surface area contributed by atoms with Crippen LogP contribution in [0.4, 0.5) is 4.39 Å². The fraction of sp³-hybridized carbons (Fsp3) is 0.533. The highest BCUT2D eigenvalue weighted by atomic mass is 19.1. The Morgan fingerprint density at radius 2 is 2.28 bits per heavy atom. The number of amides is 1. The van der Waals surface area contributed by atoms with Crippen molar-refractivity contribution < 1.29 is 9.18 Å². The van der Waals surface area contributed by atoms with Gasteiger partial charge in [0.05, 0.1) is 0 Å². The van der Waals surface area contributed by atoms with E-state index < -0.39 is 0 Å². The van der Waals surface area contributed by atoms with E-state index in [-0.39, 0.29) is 11.7 Å². The van der Waals surface area contributed by atoms with Crippen molar-refractivity contribution in [1.29, 1.82) is 0 Å². The molecule has 1 aromatic carbocycles. The smallest absolute Gasteiger partial charge is 0.253 e. The molecule has 1 unspecified atom stereocenters. The summed E-state index contributed by atoms with van der Waals surface area (Å²) < 4.78 is 13.2. The van der Waals surface area contributed by atoms with Gasteiger partial charge >= 0.3 is 0 Å². The zero-order valence-electron chi connectivity index (χ0n) is 11.1. The van der Waals surface area contributed by atoms with Gasteiger partial charge < -0.3 is 4.90 Å². The number of nitrogens with zero attached hydrogens (tertiary/aromatic N) is 1. The van der Waals surface area contributed by atoms with Crippen LogP contribution in [0.1, 0.15) is 42.1 Å². The predicted molar refractivity (Wildman–Crippen MR) is 70.1 cm³/mol. The van der Waals surface area contributed by atoms with Crippen molar-refractivity contribution in [2.45, 2.75) is 33.1 Å². The van der Waals surface area contributed by atoms with Gasteiger partial charge in [0, 0.05) is 18.7 Å². The van der Waals surface area contributed by atoms with Gasteiger partial charge in [-0.2, -0.15) is 0 Å². The van der Waals surface area contributed by atoms with Gasteiger partial charge in [0.2, 0.25) is 0 Å². The molecule has 0 aliphatic carbocycles. The van der Waals surface area contributed by atoms with Crippen molar-refractivity contribution in [3.8, 4) is 0 Å². The molecule has 1 atom stereocenters. The number of rotatable bonds is 3. The number of aryl methyl sites for hydroxylation is 1. The summed E-state index contributed by atoms with van der Waals surface area (Å²) in [6.07, 6.45) is 3.45. The lowest BCUT2D eigenvalue weighted by Crippen LogP contribution is -2.28. The van der Waals surface area contributed by atoms with Crippen LogP contribution < -0.4 is 0 Å². The molecule has 98 valence electrons. The molecule has 0 saturated carbocycles. The first-order chi connectivity index (χ1) is 8.61. The van der Waals surface area contributed by atoms with Gasteiger partial charge in [-0.25, -0.2) is 4.39 Å². The average Bonchev–Trinajstić information content (AvgIpc) is 2.81. The molecule has 1 aliphatic heterocycles. The second-order valence-corrected chi connectivity index (χ2v) is 5.16. The maximum atomic E-state index is 13.2. The molecule has 18 heavy (non-hydrogen) atoms. The Hall–Kier alpha value is -1.38. The molecule has 1 aliphatic rings. The standard InChI is InChI=1S/C15H20FNO/c1-3-4-12-7-8-17(10-12)15(18)13-5-6-14(16)11(2)9-13/h5-6,9,12H,3-4,7-8,10H2,1-2H3. The number of benzene rings is 1. The Morgan fingerprint density at radius 3 is 2.94 bits per heavy atom. The first-order valence-electron chi connectivity index (χ1n) is 6.67. The Balaban J connectivity index is 2.05. The van der Waals surface area contributed by atoms with E-state index in [2.05, 4.69) is 6.92 Å². The minimum absolute atomic E-state index is 0.0386. The summed E-state index contributed by atoms with van der Waals surface area (Å²) in [5, 5.41) is 0. The van der Waals surface area contributed by atoms with Crippen molar-refractivity contribution in [1.82, 2.24) is 4.90 Å². The summed E-state index contributed by atoms with van der Waals surface area (Å²) in [7, 11) is 0. The number of halogens is 1. The van der Waals surface area contributed by atoms with Crippen LogP contribution in [-0.2, 0) is 0 Å². The zero-order chi connectivity index (χ0) is 13.1. The van der Waals surface area contributed by atoms with Crippen molar-refractivity contribution in [3.05, 3.63) is 35.1 Å². The number of carbonyl (C=O) groups excluding carboxylic acids is 1. The van der Waals surface area contributed by atoms with Crippen LogP contribution in [0.25, 0.3) is 0 Å². The highest BCUT2D eigenvalue weighted by molar-refractivity contribution is 5.94. The molecular weight excluding hydrogens is 229 g/mol. The fourth-order valence-electron chi connectivity index (χ4n) is 2.62. The highest BCUT2D eigenvalue weighted by Gasteiger charge is 2.26. The zero-order valence-corrected chi connectivity index (χ0v) is 11.1. The summed E-state index contributed by atoms with van der Waals surface area (Å²) in [6.45, 7) is 5.55. The molecule has 0 spiro atoms. The fourth-order valence-corrected chi connectivity index (χ4v) is 2.62. The van der Waals surface area contributed by atoms with E-state index in [0.717, 1.165) is 19.5 Å². The highest BCUT2D eigenvalue weighted by Crippen LogP contribution is 2.23. The SMILES string of the molecule is CCCC1CCN(C(=O)c2ccc(F)c(C)c2)C1. The summed E-state index contributed by atoms with van der Waals surface area (Å²) in [6, 6.07) is 4.60. The van der Waals surface area contributed by atoms with Gasteiger partial charge in [-0.3, -0.25) is 4.79 Å². The monoisotopic (exact) mass is 249 g/mol. The molecule has 2 rings (SSSR count). The molecule has 1 fully saturated rings. The minimum atomic E-state index is -0.253. The minimum Gasteiger partial charge on any atom is -0.338 e. The van der Waals surface area contributed by atoms with E-state index >= 15 is 0 Å². The van der Waals surface area contributed by atoms with Gasteiger partial charge in [-0.15, -0.1) is 0 Å². The van der Waals surface area contributed by atoms with Crippen LogP contribution >= 0.6 is 0 Å². The molecular formula is C15H20FNO. The molecule has 1 heterocycles. The van der Waals surface area contributed by atoms with Crippen LogP contribution in [0, 0.1) is 18.7 Å². The Labute approximate surface area is 108 Å². The maximum Gasteiger partial charge on any atom is 0.253 e. The van der Waals surface area contributed by atoms with E-state index in [1.165, 1.54) is 18.9 Å². The van der Waals surface area contributed by atoms with E-state index in [9.17, 15) is 9.18 Å². The molecule has 2 nitrogen and oxygen atoms in total. The van der Waals surface area contributed by atoms with E-state index in [1.807, 2.05) is 4.90 Å². The lowest BCUT2D eigenvalue weighted by Gasteiger charge is -2.17. The van der Waals surface area contributed by atoms with Crippen LogP contribution in [0.2, 0.25) is 0 Å². The van der Waals surface area contributed by atoms with Gasteiger partial charge in [0.1, 0.15) is 5.82 Å². The summed E-state index contributed by atoms with van der Waals surface area (Å²) >= 11 is 0. The lowest BCUT2D eigenvalue weighted by molar-refractivity contribution is 0.0786. The third-order valence-electron chi connectivity index (χ3n) is 3.67. The van der Waals surface area contributed by atoms with E-state index in [1.54, 1.807) is 19.1 Å². The second-order valence-electron chi connectivity index (χ2n) is 5.16. The van der Waals surface area contributed by atoms with Crippen LogP contribution in [-0.4, -0.2) is 23.9 Å². The van der Waals surface area contributed by atoms with Crippen molar-refractivity contribution in [2.24, 2.45) is 5.92 Å². The Kier molecular flexibility index (Phi) is 4.00. The topological polar surface area (TPSA) is 20.3 Å². The summed E-state index contributed by atoms with van der Waals surface area (Å²) in [4.78, 5) is 14.2.